The fourth-order valence-corrected chi connectivity index (χ4v) is 4.48. The second-order valence-electron chi connectivity index (χ2n) is 6.32. The molecule has 2 aromatic heterocycles. The van der Waals surface area contributed by atoms with Gasteiger partial charge in [0.15, 0.2) is 5.78 Å². The largest absolute Gasteiger partial charge is 0.496 e. The van der Waals surface area contributed by atoms with Gasteiger partial charge in [0, 0.05) is 21.8 Å². The first-order valence-electron chi connectivity index (χ1n) is 8.98. The number of aryl methyl sites for hydroxylation is 1. The van der Waals surface area contributed by atoms with Crippen molar-refractivity contribution in [3.63, 3.8) is 0 Å². The molecule has 0 atom stereocenters. The van der Waals surface area contributed by atoms with Gasteiger partial charge < -0.3 is 4.74 Å². The van der Waals surface area contributed by atoms with Gasteiger partial charge in [0.1, 0.15) is 16.9 Å². The summed E-state index contributed by atoms with van der Waals surface area (Å²) in [6.07, 6.45) is 2.17. The van der Waals surface area contributed by atoms with Crippen LogP contribution >= 0.6 is 23.1 Å². The average Bonchev–Trinajstić information content (AvgIpc) is 3.14. The number of carbonyl (C=O) groups excluding carboxylic acids is 2. The molecule has 0 fully saturated rings. The number of thiophene rings is 1. The zero-order valence-corrected chi connectivity index (χ0v) is 18.0. The van der Waals surface area contributed by atoms with Gasteiger partial charge in [-0.2, -0.15) is 0 Å². The minimum atomic E-state index is -0.314. The maximum absolute atomic E-state index is 12.5. The Morgan fingerprint density at radius 3 is 2.79 bits per heavy atom. The predicted molar refractivity (Wildman–Crippen MR) is 117 cm³/mol. The van der Waals surface area contributed by atoms with Gasteiger partial charge in [-0.25, -0.2) is 9.66 Å². The van der Waals surface area contributed by atoms with E-state index in [1.807, 2.05) is 13.0 Å². The number of rotatable bonds is 8. The molecule has 3 aromatic rings. The van der Waals surface area contributed by atoms with Gasteiger partial charge in [-0.05, 0) is 37.6 Å². The van der Waals surface area contributed by atoms with Gasteiger partial charge in [0.05, 0.1) is 18.2 Å². The highest BCUT2D eigenvalue weighted by Crippen LogP contribution is 2.25. The van der Waals surface area contributed by atoms with E-state index >= 15 is 0 Å². The lowest BCUT2D eigenvalue weighted by Crippen LogP contribution is -2.33. The van der Waals surface area contributed by atoms with Gasteiger partial charge in [-0.3, -0.25) is 19.8 Å². The van der Waals surface area contributed by atoms with Crippen molar-refractivity contribution >= 4 is 45.0 Å². The fraction of sp³-hybridized carbons (Fsp3) is 0.300. The maximum Gasteiger partial charge on any atom is 0.280 e. The fourth-order valence-electron chi connectivity index (χ4n) is 2.76. The lowest BCUT2D eigenvalue weighted by Gasteiger charge is -2.10. The number of ether oxygens (including phenoxy) is 1. The summed E-state index contributed by atoms with van der Waals surface area (Å²) in [6.45, 7) is 3.52. The molecule has 0 bridgehead atoms. The molecule has 1 amide bonds. The summed E-state index contributed by atoms with van der Waals surface area (Å²) in [4.78, 5) is 42.4. The Hall–Kier alpha value is -2.65. The van der Waals surface area contributed by atoms with Crippen molar-refractivity contribution in [2.75, 3.05) is 18.3 Å². The first kappa shape index (κ1) is 21.1. The molecule has 0 aliphatic carbocycles. The number of thioether (sulfide) groups is 1. The van der Waals surface area contributed by atoms with Crippen molar-refractivity contribution in [2.45, 2.75) is 26.0 Å². The molecule has 0 aliphatic rings. The normalized spacial score (nSPS) is 10.9. The van der Waals surface area contributed by atoms with Crippen LogP contribution in [0.5, 0.6) is 5.75 Å². The second-order valence-corrected chi connectivity index (χ2v) is 8.42. The third-order valence-electron chi connectivity index (χ3n) is 4.27. The summed E-state index contributed by atoms with van der Waals surface area (Å²) in [6, 6.07) is 7.06. The number of fused-ring (bicyclic) bond motifs is 1. The van der Waals surface area contributed by atoms with E-state index in [2.05, 4.69) is 10.4 Å². The Morgan fingerprint density at radius 2 is 2.10 bits per heavy atom. The van der Waals surface area contributed by atoms with Crippen LogP contribution in [0.4, 0.5) is 0 Å². The average molecular weight is 432 g/mol. The van der Waals surface area contributed by atoms with Gasteiger partial charge in [-0.1, -0.05) is 6.92 Å². The van der Waals surface area contributed by atoms with E-state index in [1.165, 1.54) is 36.3 Å². The summed E-state index contributed by atoms with van der Waals surface area (Å²) in [5.74, 6) is 0.957. The predicted octanol–water partition coefficient (Wildman–Crippen LogP) is 3.24. The van der Waals surface area contributed by atoms with E-state index in [9.17, 15) is 14.4 Å². The standard InChI is InChI=1S/C20H21N3O4S2/c1-4-15-8-16-19(29-15)21-11-23(20(16)26)22-18(25)10-28-9-14-7-13(12(2)24)5-6-17(14)27-3/h5-8,11H,4,9-10H2,1-3H3,(H,22,25). The lowest BCUT2D eigenvalue weighted by atomic mass is 10.1. The van der Waals surface area contributed by atoms with Gasteiger partial charge in [-0.15, -0.1) is 23.1 Å². The van der Waals surface area contributed by atoms with Crippen LogP contribution in [0.1, 0.15) is 34.6 Å². The Bertz CT molecular complexity index is 1120. The number of hydrogen-bond donors (Lipinski definition) is 1. The highest BCUT2D eigenvalue weighted by Gasteiger charge is 2.12. The van der Waals surface area contributed by atoms with Crippen LogP contribution in [0.2, 0.25) is 0 Å². The Balaban J connectivity index is 1.64. The number of methoxy groups -OCH3 is 1. The summed E-state index contributed by atoms with van der Waals surface area (Å²) >= 11 is 2.84. The van der Waals surface area contributed by atoms with Gasteiger partial charge in [0.25, 0.3) is 5.56 Å². The number of hydrogen-bond acceptors (Lipinski definition) is 7. The van der Waals surface area contributed by atoms with Crippen LogP contribution in [-0.4, -0.2) is 34.2 Å². The Kier molecular flexibility index (Phi) is 6.71. The van der Waals surface area contributed by atoms with E-state index in [0.717, 1.165) is 21.5 Å². The summed E-state index contributed by atoms with van der Waals surface area (Å²) in [7, 11) is 1.56. The Labute approximate surface area is 176 Å². The smallest absolute Gasteiger partial charge is 0.280 e. The highest BCUT2D eigenvalue weighted by atomic mass is 32.2. The molecule has 2 heterocycles. The second kappa shape index (κ2) is 9.23. The maximum atomic E-state index is 12.5. The number of Topliss-reactive ketones (excluding diaryl/α,β-unsaturated/α-hetero) is 1. The molecule has 1 N–H and O–H groups in total. The minimum Gasteiger partial charge on any atom is -0.496 e. The van der Waals surface area contributed by atoms with Crippen LogP contribution in [0.25, 0.3) is 10.2 Å². The molecule has 1 aromatic carbocycles. The van der Waals surface area contributed by atoms with Crippen molar-refractivity contribution in [1.29, 1.82) is 0 Å². The number of aromatic nitrogens is 2. The third kappa shape index (κ3) is 4.86. The molecule has 3 rings (SSSR count). The molecular weight excluding hydrogens is 410 g/mol. The molecule has 0 saturated carbocycles. The number of carbonyl (C=O) groups is 2. The van der Waals surface area contributed by atoms with Crippen LogP contribution in [0.3, 0.4) is 0 Å². The monoisotopic (exact) mass is 431 g/mol. The van der Waals surface area contributed by atoms with Crippen LogP contribution in [0.15, 0.2) is 35.4 Å². The molecule has 29 heavy (non-hydrogen) atoms. The van der Waals surface area contributed by atoms with E-state index < -0.39 is 0 Å². The number of amides is 1. The molecule has 0 aliphatic heterocycles. The van der Waals surface area contributed by atoms with E-state index in [1.54, 1.807) is 25.3 Å². The van der Waals surface area contributed by atoms with E-state index in [-0.39, 0.29) is 23.0 Å². The molecule has 0 unspecified atom stereocenters. The molecule has 152 valence electrons. The van der Waals surface area contributed by atoms with Gasteiger partial charge >= 0.3 is 0 Å². The molecule has 9 heteroatoms. The summed E-state index contributed by atoms with van der Waals surface area (Å²) < 4.78 is 6.44. The van der Waals surface area contributed by atoms with E-state index in [4.69, 9.17) is 4.74 Å². The Morgan fingerprint density at radius 1 is 1.31 bits per heavy atom. The van der Waals surface area contributed by atoms with Crippen molar-refractivity contribution in [3.8, 4) is 5.75 Å². The lowest BCUT2D eigenvalue weighted by molar-refractivity contribution is -0.114. The minimum absolute atomic E-state index is 0.0291. The zero-order chi connectivity index (χ0) is 21.0. The quantitative estimate of drug-likeness (QED) is 0.551. The summed E-state index contributed by atoms with van der Waals surface area (Å²) in [5.41, 5.74) is 3.72. The molecule has 0 saturated heterocycles. The first-order chi connectivity index (χ1) is 13.9. The first-order valence-corrected chi connectivity index (χ1v) is 11.0. The van der Waals surface area contributed by atoms with Crippen molar-refractivity contribution in [2.24, 2.45) is 0 Å². The number of nitrogens with one attached hydrogen (secondary N) is 1. The molecule has 0 radical (unpaired) electrons. The van der Waals surface area contributed by atoms with Crippen LogP contribution in [-0.2, 0) is 17.0 Å². The number of ketones is 1. The van der Waals surface area contributed by atoms with Crippen molar-refractivity contribution in [3.05, 3.63) is 57.0 Å². The summed E-state index contributed by atoms with van der Waals surface area (Å²) in [5, 5.41) is 0.507. The SMILES string of the molecule is CCc1cc2c(=O)n(NC(=O)CSCc3cc(C(C)=O)ccc3OC)cnc2s1. The number of benzene rings is 1. The molecule has 7 nitrogen and oxygen atoms in total. The van der Waals surface area contributed by atoms with Gasteiger partial charge in [0.2, 0.25) is 5.91 Å². The highest BCUT2D eigenvalue weighted by molar-refractivity contribution is 7.99. The van der Waals surface area contributed by atoms with E-state index in [0.29, 0.717) is 27.3 Å². The third-order valence-corrected chi connectivity index (χ3v) is 6.44. The van der Waals surface area contributed by atoms with Crippen LogP contribution in [0, 0.1) is 0 Å². The topological polar surface area (TPSA) is 90.3 Å². The van der Waals surface area contributed by atoms with Crippen molar-refractivity contribution in [1.82, 2.24) is 9.66 Å². The van der Waals surface area contributed by atoms with Crippen LogP contribution < -0.4 is 15.7 Å². The molecular formula is C20H21N3O4S2. The zero-order valence-electron chi connectivity index (χ0n) is 16.4. The molecule has 0 spiro atoms. The van der Waals surface area contributed by atoms with Crippen molar-refractivity contribution < 1.29 is 14.3 Å². The number of nitrogens with zero attached hydrogens (tertiary/aromatic N) is 2.